The van der Waals surface area contributed by atoms with Gasteiger partial charge in [-0.25, -0.2) is 4.79 Å². The number of carboxylic acids is 1. The third-order valence-corrected chi connectivity index (χ3v) is 1.28. The molecule has 0 radical (unpaired) electrons. The van der Waals surface area contributed by atoms with Gasteiger partial charge in [0, 0.05) is 5.71 Å². The molecule has 0 saturated carbocycles. The van der Waals surface area contributed by atoms with Gasteiger partial charge in [-0.1, -0.05) is 13.8 Å². The summed E-state index contributed by atoms with van der Waals surface area (Å²) in [6.07, 6.45) is 0. The second-order valence-corrected chi connectivity index (χ2v) is 3.10. The van der Waals surface area contributed by atoms with Crippen molar-refractivity contribution < 1.29 is 9.90 Å². The topological polar surface area (TPSA) is 49.7 Å². The zero-order valence-electron chi connectivity index (χ0n) is 7.46. The highest BCUT2D eigenvalue weighted by molar-refractivity contribution is 5.83. The van der Waals surface area contributed by atoms with Crippen LogP contribution in [-0.2, 0) is 4.79 Å². The van der Waals surface area contributed by atoms with Crippen molar-refractivity contribution in [1.29, 1.82) is 0 Å². The van der Waals surface area contributed by atoms with Crippen LogP contribution in [0.25, 0.3) is 0 Å². The number of hydrogen-bond acceptors (Lipinski definition) is 2. The maximum atomic E-state index is 10.6. The van der Waals surface area contributed by atoms with Crippen molar-refractivity contribution in [3.05, 3.63) is 0 Å². The van der Waals surface area contributed by atoms with Gasteiger partial charge in [-0.3, -0.25) is 4.99 Å². The highest BCUT2D eigenvalue weighted by atomic mass is 16.4. The van der Waals surface area contributed by atoms with Crippen LogP contribution in [0.5, 0.6) is 0 Å². The zero-order valence-corrected chi connectivity index (χ0v) is 7.46. The van der Waals surface area contributed by atoms with Crippen LogP contribution >= 0.6 is 0 Å². The van der Waals surface area contributed by atoms with Crippen LogP contribution in [0.15, 0.2) is 4.99 Å². The molecule has 0 aliphatic heterocycles. The van der Waals surface area contributed by atoms with Gasteiger partial charge in [0.15, 0.2) is 0 Å². The number of rotatable bonds is 3. The Morgan fingerprint density at radius 1 is 1.36 bits per heavy atom. The SMILES string of the molecule is CC(C)=N[C@H](C(=O)O)C(C)C. The summed E-state index contributed by atoms with van der Waals surface area (Å²) >= 11 is 0. The number of carbonyl (C=O) groups is 1. The zero-order chi connectivity index (χ0) is 9.02. The number of aliphatic imine (C=N–C) groups is 1. The molecule has 0 aliphatic rings. The molecule has 0 aromatic carbocycles. The van der Waals surface area contributed by atoms with Gasteiger partial charge in [0.25, 0.3) is 0 Å². The summed E-state index contributed by atoms with van der Waals surface area (Å²) in [4.78, 5) is 14.6. The smallest absolute Gasteiger partial charge is 0.328 e. The van der Waals surface area contributed by atoms with Crippen LogP contribution in [-0.4, -0.2) is 22.8 Å². The molecule has 0 bridgehead atoms. The second kappa shape index (κ2) is 4.11. The Morgan fingerprint density at radius 3 is 1.91 bits per heavy atom. The van der Waals surface area contributed by atoms with Gasteiger partial charge in [-0.2, -0.15) is 0 Å². The van der Waals surface area contributed by atoms with E-state index in [-0.39, 0.29) is 5.92 Å². The van der Waals surface area contributed by atoms with Gasteiger partial charge < -0.3 is 5.11 Å². The fraction of sp³-hybridized carbons (Fsp3) is 0.750. The minimum absolute atomic E-state index is 0.0578. The fourth-order valence-electron chi connectivity index (χ4n) is 0.768. The van der Waals surface area contributed by atoms with E-state index in [1.165, 1.54) is 0 Å². The average Bonchev–Trinajstić information content (AvgIpc) is 1.81. The van der Waals surface area contributed by atoms with Crippen molar-refractivity contribution in [2.75, 3.05) is 0 Å². The number of nitrogens with zero attached hydrogens (tertiary/aromatic N) is 1. The van der Waals surface area contributed by atoms with Crippen molar-refractivity contribution in [2.24, 2.45) is 10.9 Å². The summed E-state index contributed by atoms with van der Waals surface area (Å²) in [5.41, 5.74) is 0.811. The first-order valence-corrected chi connectivity index (χ1v) is 3.69. The maximum Gasteiger partial charge on any atom is 0.328 e. The molecule has 0 fully saturated rings. The second-order valence-electron chi connectivity index (χ2n) is 3.10. The van der Waals surface area contributed by atoms with E-state index in [2.05, 4.69) is 4.99 Å². The Bertz CT molecular complexity index is 169. The standard InChI is InChI=1S/C8H15NO2/c1-5(2)7(8(10)11)9-6(3)4/h5,7H,1-4H3,(H,10,11)/t7-/m0/s1. The van der Waals surface area contributed by atoms with Crippen molar-refractivity contribution in [1.82, 2.24) is 0 Å². The minimum atomic E-state index is -0.846. The third-order valence-electron chi connectivity index (χ3n) is 1.28. The highest BCUT2D eigenvalue weighted by Crippen LogP contribution is 2.06. The number of carboxylic acid groups (broad SMARTS) is 1. The molecular formula is C8H15NO2. The van der Waals surface area contributed by atoms with Crippen LogP contribution in [0.2, 0.25) is 0 Å². The Balaban J connectivity index is 4.36. The van der Waals surface area contributed by atoms with E-state index in [0.717, 1.165) is 5.71 Å². The first-order chi connectivity index (χ1) is 4.95. The molecule has 0 amide bonds. The van der Waals surface area contributed by atoms with E-state index in [1.54, 1.807) is 13.8 Å². The van der Waals surface area contributed by atoms with E-state index >= 15 is 0 Å². The molecule has 0 aliphatic carbocycles. The molecule has 0 aromatic rings. The van der Waals surface area contributed by atoms with Crippen LogP contribution in [0.4, 0.5) is 0 Å². The lowest BCUT2D eigenvalue weighted by Crippen LogP contribution is -2.24. The quantitative estimate of drug-likeness (QED) is 0.632. The van der Waals surface area contributed by atoms with E-state index in [4.69, 9.17) is 5.11 Å². The van der Waals surface area contributed by atoms with Gasteiger partial charge in [0.05, 0.1) is 0 Å². The molecule has 1 N–H and O–H groups in total. The summed E-state index contributed by atoms with van der Waals surface area (Å²) in [5, 5.41) is 8.69. The summed E-state index contributed by atoms with van der Waals surface area (Å²) in [7, 11) is 0. The highest BCUT2D eigenvalue weighted by Gasteiger charge is 2.19. The van der Waals surface area contributed by atoms with E-state index < -0.39 is 12.0 Å². The van der Waals surface area contributed by atoms with Crippen LogP contribution in [0.1, 0.15) is 27.7 Å². The maximum absolute atomic E-state index is 10.6. The fourth-order valence-corrected chi connectivity index (χ4v) is 0.768. The summed E-state index contributed by atoms with van der Waals surface area (Å²) in [5.74, 6) is -0.788. The predicted octanol–water partition coefficient (Wildman–Crippen LogP) is 1.58. The van der Waals surface area contributed by atoms with Crippen molar-refractivity contribution in [3.63, 3.8) is 0 Å². The Hall–Kier alpha value is -0.860. The van der Waals surface area contributed by atoms with E-state index in [9.17, 15) is 4.79 Å². The molecule has 64 valence electrons. The molecule has 0 aromatic heterocycles. The largest absolute Gasteiger partial charge is 0.480 e. The lowest BCUT2D eigenvalue weighted by molar-refractivity contribution is -0.139. The van der Waals surface area contributed by atoms with Gasteiger partial charge in [-0.05, 0) is 19.8 Å². The monoisotopic (exact) mass is 157 g/mol. The lowest BCUT2D eigenvalue weighted by atomic mass is 10.1. The Labute approximate surface area is 67.1 Å². The van der Waals surface area contributed by atoms with Gasteiger partial charge in [0.2, 0.25) is 0 Å². The molecule has 3 nitrogen and oxygen atoms in total. The van der Waals surface area contributed by atoms with Gasteiger partial charge in [0.1, 0.15) is 6.04 Å². The molecule has 11 heavy (non-hydrogen) atoms. The normalized spacial score (nSPS) is 12.8. The molecule has 0 unspecified atom stereocenters. The summed E-state index contributed by atoms with van der Waals surface area (Å²) in [6, 6.07) is -0.583. The molecule has 3 heteroatoms. The van der Waals surface area contributed by atoms with E-state index in [0.29, 0.717) is 0 Å². The first kappa shape index (κ1) is 10.1. The van der Waals surface area contributed by atoms with Gasteiger partial charge in [-0.15, -0.1) is 0 Å². The van der Waals surface area contributed by atoms with E-state index in [1.807, 2.05) is 13.8 Å². The Kier molecular flexibility index (Phi) is 3.79. The molecule has 0 rings (SSSR count). The number of hydrogen-bond donors (Lipinski definition) is 1. The first-order valence-electron chi connectivity index (χ1n) is 3.69. The summed E-state index contributed by atoms with van der Waals surface area (Å²) < 4.78 is 0. The third kappa shape index (κ3) is 3.75. The Morgan fingerprint density at radius 2 is 1.82 bits per heavy atom. The molecule has 0 spiro atoms. The molecular weight excluding hydrogens is 142 g/mol. The van der Waals surface area contributed by atoms with Crippen molar-refractivity contribution >= 4 is 11.7 Å². The van der Waals surface area contributed by atoms with Crippen molar-refractivity contribution in [2.45, 2.75) is 33.7 Å². The van der Waals surface area contributed by atoms with Crippen LogP contribution < -0.4 is 0 Å². The summed E-state index contributed by atoms with van der Waals surface area (Å²) in [6.45, 7) is 7.31. The number of aliphatic carboxylic acids is 1. The average molecular weight is 157 g/mol. The van der Waals surface area contributed by atoms with Crippen molar-refractivity contribution in [3.8, 4) is 0 Å². The lowest BCUT2D eigenvalue weighted by Gasteiger charge is -2.11. The minimum Gasteiger partial charge on any atom is -0.480 e. The molecule has 0 saturated heterocycles. The van der Waals surface area contributed by atoms with Crippen LogP contribution in [0, 0.1) is 5.92 Å². The molecule has 1 atom stereocenters. The molecule has 0 heterocycles. The van der Waals surface area contributed by atoms with Gasteiger partial charge >= 0.3 is 5.97 Å². The van der Waals surface area contributed by atoms with Crippen LogP contribution in [0.3, 0.4) is 0 Å². The predicted molar refractivity (Wildman–Crippen MR) is 45.0 cm³/mol.